The van der Waals surface area contributed by atoms with Crippen LogP contribution in [-0.4, -0.2) is 30.6 Å². The summed E-state index contributed by atoms with van der Waals surface area (Å²) in [5.74, 6) is -4.27. The van der Waals surface area contributed by atoms with Gasteiger partial charge in [-0.1, -0.05) is 0 Å². The third-order valence-corrected chi connectivity index (χ3v) is 3.28. The topological polar surface area (TPSA) is 42.4 Å². The molecule has 1 saturated heterocycles. The Balaban J connectivity index is 2.04. The van der Waals surface area contributed by atoms with Crippen LogP contribution in [0.3, 0.4) is 0 Å². The number of hydrogen-bond acceptors (Lipinski definition) is 4. The molecule has 1 aromatic heterocycles. The molecular weight excluding hydrogens is 273 g/mol. The van der Waals surface area contributed by atoms with Crippen molar-refractivity contribution in [1.29, 1.82) is 0 Å². The van der Waals surface area contributed by atoms with Gasteiger partial charge in [-0.3, -0.25) is 4.79 Å². The number of hydrogen-bond donors (Lipinski definition) is 0. The lowest BCUT2D eigenvalue weighted by molar-refractivity contribution is -0.148. The minimum Gasteiger partial charge on any atom is -0.466 e. The maximum absolute atomic E-state index is 13.6. The normalized spacial score (nSPS) is 16.3. The van der Waals surface area contributed by atoms with Crippen LogP contribution in [0.1, 0.15) is 19.8 Å². The maximum atomic E-state index is 13.6. The van der Waals surface area contributed by atoms with Gasteiger partial charge in [0.2, 0.25) is 0 Å². The summed E-state index contributed by atoms with van der Waals surface area (Å²) in [6.45, 7) is 2.74. The van der Waals surface area contributed by atoms with Crippen molar-refractivity contribution < 1.29 is 22.7 Å². The van der Waals surface area contributed by atoms with Crippen LogP contribution in [-0.2, 0) is 9.53 Å². The lowest BCUT2D eigenvalue weighted by atomic mass is 9.97. The molecule has 0 aliphatic carbocycles. The second-order valence-corrected chi connectivity index (χ2v) is 4.58. The summed E-state index contributed by atoms with van der Waals surface area (Å²) >= 11 is 0. The van der Waals surface area contributed by atoms with Gasteiger partial charge in [-0.2, -0.15) is 9.37 Å². The van der Waals surface area contributed by atoms with Crippen molar-refractivity contribution in [3.63, 3.8) is 0 Å². The number of esters is 1. The molecule has 0 bridgehead atoms. The zero-order valence-corrected chi connectivity index (χ0v) is 11.0. The highest BCUT2D eigenvalue weighted by Gasteiger charge is 2.28. The molecule has 0 saturated carbocycles. The first-order valence-corrected chi connectivity index (χ1v) is 6.46. The Labute approximate surface area is 114 Å². The van der Waals surface area contributed by atoms with Crippen LogP contribution >= 0.6 is 0 Å². The summed E-state index contributed by atoms with van der Waals surface area (Å²) in [5.41, 5.74) is 0. The molecule has 2 rings (SSSR count). The Morgan fingerprint density at radius 3 is 2.60 bits per heavy atom. The van der Waals surface area contributed by atoms with Gasteiger partial charge in [0.25, 0.3) is 5.95 Å². The molecule has 1 fully saturated rings. The highest BCUT2D eigenvalue weighted by molar-refractivity contribution is 5.72. The number of pyridine rings is 1. The van der Waals surface area contributed by atoms with Crippen molar-refractivity contribution in [3.8, 4) is 0 Å². The monoisotopic (exact) mass is 288 g/mol. The Kier molecular flexibility index (Phi) is 4.46. The second kappa shape index (κ2) is 6.11. The molecule has 110 valence electrons. The van der Waals surface area contributed by atoms with Gasteiger partial charge in [-0.05, 0) is 19.8 Å². The number of carbonyl (C=O) groups excluding carboxylic acids is 1. The van der Waals surface area contributed by atoms with Gasteiger partial charge in [-0.15, -0.1) is 0 Å². The molecule has 1 aliphatic rings. The molecule has 1 aliphatic heterocycles. The van der Waals surface area contributed by atoms with Gasteiger partial charge in [0.05, 0.1) is 12.5 Å². The molecule has 4 nitrogen and oxygen atoms in total. The van der Waals surface area contributed by atoms with Gasteiger partial charge in [0, 0.05) is 19.2 Å². The lowest BCUT2D eigenvalue weighted by Gasteiger charge is -2.31. The molecular formula is C13H15F3N2O2. The van der Waals surface area contributed by atoms with E-state index in [-0.39, 0.29) is 17.7 Å². The van der Waals surface area contributed by atoms with Gasteiger partial charge < -0.3 is 9.64 Å². The zero-order valence-electron chi connectivity index (χ0n) is 11.0. The average Bonchev–Trinajstić information content (AvgIpc) is 2.43. The first-order chi connectivity index (χ1) is 9.52. The van der Waals surface area contributed by atoms with Crippen LogP contribution in [0, 0.1) is 23.5 Å². The van der Waals surface area contributed by atoms with E-state index in [0.717, 1.165) is 0 Å². The molecule has 0 N–H and O–H groups in total. The summed E-state index contributed by atoms with van der Waals surface area (Å²) < 4.78 is 44.4. The SMILES string of the molecule is CCOC(=O)C1CCN(c2nc(F)c(F)cc2F)CC1. The third-order valence-electron chi connectivity index (χ3n) is 3.28. The minimum absolute atomic E-state index is 0.216. The first kappa shape index (κ1) is 14.6. The van der Waals surface area contributed by atoms with Crippen molar-refractivity contribution in [3.05, 3.63) is 23.6 Å². The van der Waals surface area contributed by atoms with Crippen LogP contribution in [0.15, 0.2) is 6.07 Å². The van der Waals surface area contributed by atoms with E-state index in [1.807, 2.05) is 0 Å². The maximum Gasteiger partial charge on any atom is 0.309 e. The molecule has 0 unspecified atom stereocenters. The number of nitrogens with zero attached hydrogens (tertiary/aromatic N) is 2. The number of anilines is 1. The van der Waals surface area contributed by atoms with Crippen molar-refractivity contribution >= 4 is 11.8 Å². The summed E-state index contributed by atoms with van der Waals surface area (Å²) in [5, 5.41) is 0. The predicted molar refractivity (Wildman–Crippen MR) is 65.7 cm³/mol. The molecule has 1 aromatic rings. The van der Waals surface area contributed by atoms with E-state index >= 15 is 0 Å². The molecule has 0 spiro atoms. The van der Waals surface area contributed by atoms with Gasteiger partial charge in [0.15, 0.2) is 17.5 Å². The van der Waals surface area contributed by atoms with Gasteiger partial charge in [-0.25, -0.2) is 8.78 Å². The standard InChI is InChI=1S/C13H15F3N2O2/c1-2-20-13(19)8-3-5-18(6-4-8)12-10(15)7-9(14)11(16)17-12/h7-8H,2-6H2,1H3. The van der Waals surface area contributed by atoms with E-state index in [2.05, 4.69) is 4.98 Å². The van der Waals surface area contributed by atoms with E-state index in [9.17, 15) is 18.0 Å². The van der Waals surface area contributed by atoms with E-state index in [4.69, 9.17) is 4.74 Å². The summed E-state index contributed by atoms with van der Waals surface area (Å²) in [6.07, 6.45) is 0.942. The molecule has 0 amide bonds. The van der Waals surface area contributed by atoms with Crippen molar-refractivity contribution in [2.45, 2.75) is 19.8 Å². The number of aromatic nitrogens is 1. The Hall–Kier alpha value is -1.79. The lowest BCUT2D eigenvalue weighted by Crippen LogP contribution is -2.38. The predicted octanol–water partition coefficient (Wildman–Crippen LogP) is 2.28. The van der Waals surface area contributed by atoms with Crippen LogP contribution in [0.4, 0.5) is 19.0 Å². The van der Waals surface area contributed by atoms with Crippen LogP contribution < -0.4 is 4.90 Å². The highest BCUT2D eigenvalue weighted by atomic mass is 19.2. The molecule has 20 heavy (non-hydrogen) atoms. The summed E-state index contributed by atoms with van der Waals surface area (Å²) in [6, 6.07) is 0.481. The Morgan fingerprint density at radius 2 is 2.00 bits per heavy atom. The van der Waals surface area contributed by atoms with E-state index in [0.29, 0.717) is 38.6 Å². The quantitative estimate of drug-likeness (QED) is 0.632. The smallest absolute Gasteiger partial charge is 0.309 e. The third kappa shape index (κ3) is 3.02. The first-order valence-electron chi connectivity index (χ1n) is 6.46. The largest absolute Gasteiger partial charge is 0.466 e. The molecule has 0 atom stereocenters. The van der Waals surface area contributed by atoms with Crippen LogP contribution in [0.5, 0.6) is 0 Å². The molecule has 0 aromatic carbocycles. The fraction of sp³-hybridized carbons (Fsp3) is 0.538. The van der Waals surface area contributed by atoms with Crippen LogP contribution in [0.2, 0.25) is 0 Å². The fourth-order valence-corrected chi connectivity index (χ4v) is 2.24. The molecule has 0 radical (unpaired) electrons. The van der Waals surface area contributed by atoms with Crippen LogP contribution in [0.25, 0.3) is 0 Å². The second-order valence-electron chi connectivity index (χ2n) is 4.58. The van der Waals surface area contributed by atoms with Crippen molar-refractivity contribution in [2.75, 3.05) is 24.6 Å². The molecule has 2 heterocycles. The van der Waals surface area contributed by atoms with Crippen molar-refractivity contribution in [2.24, 2.45) is 5.92 Å². The van der Waals surface area contributed by atoms with E-state index in [1.54, 1.807) is 6.92 Å². The summed E-state index contributed by atoms with van der Waals surface area (Å²) in [7, 11) is 0. The van der Waals surface area contributed by atoms with Crippen molar-refractivity contribution in [1.82, 2.24) is 4.98 Å². The number of ether oxygens (including phenoxy) is 1. The number of rotatable bonds is 3. The van der Waals surface area contributed by atoms with E-state index < -0.39 is 17.6 Å². The van der Waals surface area contributed by atoms with Gasteiger partial charge >= 0.3 is 5.97 Å². The highest BCUT2D eigenvalue weighted by Crippen LogP contribution is 2.25. The number of carbonyl (C=O) groups is 1. The average molecular weight is 288 g/mol. The number of piperidine rings is 1. The Bertz CT molecular complexity index is 503. The van der Waals surface area contributed by atoms with E-state index in [1.165, 1.54) is 4.90 Å². The molecule has 7 heteroatoms. The number of halogens is 3. The van der Waals surface area contributed by atoms with Gasteiger partial charge in [0.1, 0.15) is 0 Å². The minimum atomic E-state index is -1.33. The summed E-state index contributed by atoms with van der Waals surface area (Å²) in [4.78, 5) is 16.4. The zero-order chi connectivity index (χ0) is 14.7. The Morgan fingerprint density at radius 1 is 1.35 bits per heavy atom. The fourth-order valence-electron chi connectivity index (χ4n) is 2.24.